The Hall–Kier alpha value is -0.420. The van der Waals surface area contributed by atoms with E-state index in [2.05, 4.69) is 27.8 Å². The van der Waals surface area contributed by atoms with Gasteiger partial charge in [0.25, 0.3) is 0 Å². The number of nitrogens with zero attached hydrogens (tertiary/aromatic N) is 1. The third-order valence-electron chi connectivity index (χ3n) is 2.93. The molecule has 0 spiro atoms. The molecule has 102 valence electrons. The van der Waals surface area contributed by atoms with E-state index in [4.69, 9.17) is 5.11 Å². The van der Waals surface area contributed by atoms with Crippen LogP contribution < -0.4 is 0 Å². The molecule has 0 aliphatic rings. The summed E-state index contributed by atoms with van der Waals surface area (Å²) in [6, 6.07) is 7.75. The van der Waals surface area contributed by atoms with Crippen LogP contribution in [0, 0.1) is 0 Å². The largest absolute Gasteiger partial charge is 0.395 e. The fourth-order valence-electron chi connectivity index (χ4n) is 1.95. The van der Waals surface area contributed by atoms with Gasteiger partial charge < -0.3 is 15.1 Å². The molecule has 0 saturated carbocycles. The Bertz CT molecular complexity index is 323. The highest BCUT2D eigenvalue weighted by atomic mass is 79.9. The Morgan fingerprint density at radius 3 is 2.39 bits per heavy atom. The molecule has 0 bridgehead atoms. The highest BCUT2D eigenvalue weighted by Crippen LogP contribution is 2.19. The van der Waals surface area contributed by atoms with Crippen molar-refractivity contribution in [2.75, 3.05) is 26.2 Å². The Labute approximate surface area is 118 Å². The van der Waals surface area contributed by atoms with Gasteiger partial charge in [0.1, 0.15) is 0 Å². The van der Waals surface area contributed by atoms with Crippen LogP contribution in [0.2, 0.25) is 0 Å². The molecule has 0 heterocycles. The number of aliphatic hydroxyl groups is 2. The molecule has 0 aliphatic carbocycles. The number of rotatable bonds is 8. The molecule has 1 unspecified atom stereocenters. The zero-order valence-electron chi connectivity index (χ0n) is 10.8. The van der Waals surface area contributed by atoms with E-state index in [1.165, 1.54) is 0 Å². The molecule has 18 heavy (non-hydrogen) atoms. The molecule has 0 fully saturated rings. The van der Waals surface area contributed by atoms with Crippen LogP contribution in [0.4, 0.5) is 0 Å². The van der Waals surface area contributed by atoms with Crippen molar-refractivity contribution in [2.24, 2.45) is 0 Å². The van der Waals surface area contributed by atoms with Crippen molar-refractivity contribution in [1.82, 2.24) is 4.90 Å². The quantitative estimate of drug-likeness (QED) is 0.775. The minimum absolute atomic E-state index is 0.175. The minimum atomic E-state index is -0.434. The molecule has 0 amide bonds. The molecule has 4 heteroatoms. The van der Waals surface area contributed by atoms with Crippen molar-refractivity contribution < 1.29 is 10.2 Å². The van der Waals surface area contributed by atoms with Crippen LogP contribution in [0.25, 0.3) is 0 Å². The van der Waals surface area contributed by atoms with E-state index < -0.39 is 6.10 Å². The normalized spacial score (nSPS) is 12.9. The summed E-state index contributed by atoms with van der Waals surface area (Å²) < 4.78 is 1.02. The third-order valence-corrected chi connectivity index (χ3v) is 3.46. The first-order valence-electron chi connectivity index (χ1n) is 6.44. The molecular weight excluding hydrogens is 294 g/mol. The number of aliphatic hydroxyl groups excluding tert-OH is 2. The highest BCUT2D eigenvalue weighted by molar-refractivity contribution is 9.10. The van der Waals surface area contributed by atoms with E-state index in [0.717, 1.165) is 29.5 Å². The van der Waals surface area contributed by atoms with Gasteiger partial charge in [0.2, 0.25) is 0 Å². The van der Waals surface area contributed by atoms with E-state index in [9.17, 15) is 5.11 Å². The molecule has 1 rings (SSSR count). The number of benzene rings is 1. The fourth-order valence-corrected chi connectivity index (χ4v) is 2.21. The van der Waals surface area contributed by atoms with Gasteiger partial charge in [-0.2, -0.15) is 0 Å². The summed E-state index contributed by atoms with van der Waals surface area (Å²) in [4.78, 5) is 2.18. The Balaban J connectivity index is 2.43. The van der Waals surface area contributed by atoms with Gasteiger partial charge in [-0.25, -0.2) is 0 Å². The van der Waals surface area contributed by atoms with Crippen LogP contribution in [0.15, 0.2) is 28.7 Å². The predicted octanol–water partition coefficient (Wildman–Crippen LogP) is 2.58. The van der Waals surface area contributed by atoms with E-state index in [1.807, 2.05) is 24.3 Å². The Kier molecular flexibility index (Phi) is 7.51. The maximum Gasteiger partial charge on any atom is 0.0802 e. The second kappa shape index (κ2) is 8.64. The number of hydrogen-bond donors (Lipinski definition) is 2. The zero-order chi connectivity index (χ0) is 13.4. The molecule has 0 radical (unpaired) electrons. The van der Waals surface area contributed by atoms with Crippen molar-refractivity contribution in [3.05, 3.63) is 34.3 Å². The fraction of sp³-hybridized carbons (Fsp3) is 0.571. The van der Waals surface area contributed by atoms with Crippen LogP contribution in [-0.4, -0.2) is 41.4 Å². The zero-order valence-corrected chi connectivity index (χ0v) is 12.4. The summed E-state index contributed by atoms with van der Waals surface area (Å²) in [7, 11) is 0. The molecule has 2 N–H and O–H groups in total. The first kappa shape index (κ1) is 15.6. The number of hydrogen-bond acceptors (Lipinski definition) is 3. The van der Waals surface area contributed by atoms with Crippen LogP contribution in [0.1, 0.15) is 31.4 Å². The summed E-state index contributed by atoms with van der Waals surface area (Å²) in [5.74, 6) is 0. The maximum absolute atomic E-state index is 10.1. The van der Waals surface area contributed by atoms with E-state index >= 15 is 0 Å². The van der Waals surface area contributed by atoms with E-state index in [1.54, 1.807) is 0 Å². The van der Waals surface area contributed by atoms with Gasteiger partial charge in [0.15, 0.2) is 0 Å². The molecule has 1 atom stereocenters. The molecule has 0 aliphatic heterocycles. The standard InChI is InChI=1S/C14H22BrNO2/c1-2-8-16(10-11-17)9-7-14(18)12-3-5-13(15)6-4-12/h3-6,14,17-18H,2,7-11H2,1H3. The van der Waals surface area contributed by atoms with Gasteiger partial charge in [-0.05, 0) is 37.1 Å². The first-order chi connectivity index (χ1) is 8.67. The van der Waals surface area contributed by atoms with Gasteiger partial charge in [-0.3, -0.25) is 0 Å². The summed E-state index contributed by atoms with van der Waals surface area (Å²) in [6.07, 6.45) is 1.33. The first-order valence-corrected chi connectivity index (χ1v) is 7.23. The second-order valence-electron chi connectivity index (χ2n) is 4.42. The lowest BCUT2D eigenvalue weighted by molar-refractivity contribution is 0.131. The van der Waals surface area contributed by atoms with Crippen LogP contribution >= 0.6 is 15.9 Å². The lowest BCUT2D eigenvalue weighted by atomic mass is 10.1. The van der Waals surface area contributed by atoms with Crippen molar-refractivity contribution in [3.8, 4) is 0 Å². The Morgan fingerprint density at radius 1 is 1.17 bits per heavy atom. The minimum Gasteiger partial charge on any atom is -0.395 e. The third kappa shape index (κ3) is 5.48. The lowest BCUT2D eigenvalue weighted by Crippen LogP contribution is -2.29. The molecular formula is C14H22BrNO2. The van der Waals surface area contributed by atoms with Gasteiger partial charge in [0, 0.05) is 17.6 Å². The van der Waals surface area contributed by atoms with Crippen LogP contribution in [0.3, 0.4) is 0 Å². The monoisotopic (exact) mass is 315 g/mol. The van der Waals surface area contributed by atoms with Crippen LogP contribution in [0.5, 0.6) is 0 Å². The van der Waals surface area contributed by atoms with Gasteiger partial charge in [-0.15, -0.1) is 0 Å². The topological polar surface area (TPSA) is 43.7 Å². The SMILES string of the molecule is CCCN(CCO)CCC(O)c1ccc(Br)cc1. The summed E-state index contributed by atoms with van der Waals surface area (Å²) in [6.45, 7) is 4.75. The number of halogens is 1. The lowest BCUT2D eigenvalue weighted by Gasteiger charge is -2.22. The van der Waals surface area contributed by atoms with Crippen molar-refractivity contribution >= 4 is 15.9 Å². The molecule has 1 aromatic carbocycles. The van der Waals surface area contributed by atoms with Gasteiger partial charge >= 0.3 is 0 Å². The van der Waals surface area contributed by atoms with Gasteiger partial charge in [-0.1, -0.05) is 35.0 Å². The van der Waals surface area contributed by atoms with E-state index in [-0.39, 0.29) is 6.61 Å². The van der Waals surface area contributed by atoms with Gasteiger partial charge in [0.05, 0.1) is 12.7 Å². The maximum atomic E-state index is 10.1. The smallest absolute Gasteiger partial charge is 0.0802 e. The predicted molar refractivity (Wildman–Crippen MR) is 77.5 cm³/mol. The van der Waals surface area contributed by atoms with Crippen molar-refractivity contribution in [2.45, 2.75) is 25.9 Å². The molecule has 0 saturated heterocycles. The highest BCUT2D eigenvalue weighted by Gasteiger charge is 2.10. The van der Waals surface area contributed by atoms with Crippen molar-refractivity contribution in [1.29, 1.82) is 0 Å². The average molecular weight is 316 g/mol. The van der Waals surface area contributed by atoms with Crippen molar-refractivity contribution in [3.63, 3.8) is 0 Å². The molecule has 3 nitrogen and oxygen atoms in total. The van der Waals surface area contributed by atoms with E-state index in [0.29, 0.717) is 13.0 Å². The summed E-state index contributed by atoms with van der Waals surface area (Å²) >= 11 is 3.38. The Morgan fingerprint density at radius 2 is 1.83 bits per heavy atom. The summed E-state index contributed by atoms with van der Waals surface area (Å²) in [5, 5.41) is 19.1. The van der Waals surface area contributed by atoms with Crippen LogP contribution in [-0.2, 0) is 0 Å². The average Bonchev–Trinajstić information content (AvgIpc) is 2.37. The second-order valence-corrected chi connectivity index (χ2v) is 5.34. The molecule has 1 aromatic rings. The molecule has 0 aromatic heterocycles. The summed E-state index contributed by atoms with van der Waals surface area (Å²) in [5.41, 5.74) is 0.943.